The highest BCUT2D eigenvalue weighted by atomic mass is 19.4. The van der Waals surface area contributed by atoms with Crippen LogP contribution in [-0.4, -0.2) is 27.1 Å². The van der Waals surface area contributed by atoms with E-state index >= 15 is 0 Å². The number of halogens is 3. The Morgan fingerprint density at radius 3 is 2.33 bits per heavy atom. The molecule has 1 aromatic heterocycles. The van der Waals surface area contributed by atoms with Crippen LogP contribution in [0.3, 0.4) is 0 Å². The minimum atomic E-state index is -4.83. The molecule has 0 aliphatic heterocycles. The summed E-state index contributed by atoms with van der Waals surface area (Å²) in [7, 11) is 1.46. The molecule has 1 aromatic rings. The number of hydrogen-bond acceptors (Lipinski definition) is 3. The molecule has 0 fully saturated rings. The third kappa shape index (κ3) is 1.84. The Morgan fingerprint density at radius 2 is 2.07 bits per heavy atom. The first-order valence-electron chi connectivity index (χ1n) is 4.23. The van der Waals surface area contributed by atoms with Gasteiger partial charge < -0.3 is 10.8 Å². The fraction of sp³-hybridized carbons (Fsp3) is 0.625. The molecule has 2 atom stereocenters. The second-order valence-electron chi connectivity index (χ2n) is 3.46. The maximum atomic E-state index is 12.7. The van der Waals surface area contributed by atoms with E-state index in [-0.39, 0.29) is 5.56 Å². The van der Waals surface area contributed by atoms with Crippen LogP contribution in [0.1, 0.15) is 12.5 Å². The van der Waals surface area contributed by atoms with Crippen LogP contribution in [0.4, 0.5) is 13.2 Å². The van der Waals surface area contributed by atoms with Gasteiger partial charge in [-0.2, -0.15) is 18.3 Å². The van der Waals surface area contributed by atoms with Crippen molar-refractivity contribution < 1.29 is 18.3 Å². The zero-order valence-corrected chi connectivity index (χ0v) is 8.28. The van der Waals surface area contributed by atoms with Gasteiger partial charge in [-0.1, -0.05) is 0 Å². The van der Waals surface area contributed by atoms with E-state index in [1.165, 1.54) is 11.7 Å². The summed E-state index contributed by atoms with van der Waals surface area (Å²) >= 11 is 0. The van der Waals surface area contributed by atoms with Gasteiger partial charge in [0.1, 0.15) is 0 Å². The summed E-state index contributed by atoms with van der Waals surface area (Å²) in [6, 6.07) is -1.47. The molecule has 0 aliphatic carbocycles. The van der Waals surface area contributed by atoms with E-state index < -0.39 is 17.8 Å². The largest absolute Gasteiger partial charge is 0.423 e. The zero-order chi connectivity index (χ0) is 11.9. The molecule has 3 N–H and O–H groups in total. The van der Waals surface area contributed by atoms with Gasteiger partial charge in [0.25, 0.3) is 0 Å². The fourth-order valence-electron chi connectivity index (χ4n) is 1.30. The number of aromatic nitrogens is 2. The highest BCUT2D eigenvalue weighted by Crippen LogP contribution is 2.40. The van der Waals surface area contributed by atoms with Gasteiger partial charge in [-0.3, -0.25) is 4.68 Å². The average molecular weight is 223 g/mol. The van der Waals surface area contributed by atoms with Gasteiger partial charge in [-0.05, 0) is 6.92 Å². The second-order valence-corrected chi connectivity index (χ2v) is 3.46. The molecule has 4 nitrogen and oxygen atoms in total. The van der Waals surface area contributed by atoms with Gasteiger partial charge in [0, 0.05) is 24.8 Å². The summed E-state index contributed by atoms with van der Waals surface area (Å²) in [6.45, 7) is 1.10. The molecule has 1 rings (SSSR count). The number of alkyl halides is 3. The maximum absolute atomic E-state index is 12.7. The van der Waals surface area contributed by atoms with Gasteiger partial charge in [0.2, 0.25) is 5.60 Å². The van der Waals surface area contributed by atoms with E-state index in [1.54, 1.807) is 0 Å². The van der Waals surface area contributed by atoms with E-state index in [1.807, 2.05) is 0 Å². The van der Waals surface area contributed by atoms with Crippen LogP contribution in [0.2, 0.25) is 0 Å². The molecular weight excluding hydrogens is 211 g/mol. The smallest absolute Gasteiger partial charge is 0.375 e. The van der Waals surface area contributed by atoms with Gasteiger partial charge in [-0.25, -0.2) is 0 Å². The van der Waals surface area contributed by atoms with E-state index in [4.69, 9.17) is 5.73 Å². The van der Waals surface area contributed by atoms with Crippen LogP contribution < -0.4 is 5.73 Å². The third-order valence-corrected chi connectivity index (χ3v) is 2.24. The molecule has 2 unspecified atom stereocenters. The van der Waals surface area contributed by atoms with Gasteiger partial charge in [-0.15, -0.1) is 0 Å². The number of rotatable bonds is 2. The first-order chi connectivity index (χ1) is 6.69. The fourth-order valence-corrected chi connectivity index (χ4v) is 1.30. The van der Waals surface area contributed by atoms with Crippen LogP contribution in [0, 0.1) is 0 Å². The molecule has 86 valence electrons. The van der Waals surface area contributed by atoms with Crippen LogP contribution in [0.5, 0.6) is 0 Å². The van der Waals surface area contributed by atoms with Crippen LogP contribution in [0.25, 0.3) is 0 Å². The van der Waals surface area contributed by atoms with Crippen molar-refractivity contribution in [2.75, 3.05) is 0 Å². The molecular formula is C8H12F3N3O. The summed E-state index contributed by atoms with van der Waals surface area (Å²) < 4.78 is 39.2. The molecule has 15 heavy (non-hydrogen) atoms. The number of nitrogens with two attached hydrogens (primary N) is 1. The second kappa shape index (κ2) is 3.49. The maximum Gasteiger partial charge on any atom is 0.423 e. The number of hydrogen-bond donors (Lipinski definition) is 2. The lowest BCUT2D eigenvalue weighted by atomic mass is 9.89. The number of aliphatic hydroxyl groups is 1. The average Bonchev–Trinajstić information content (AvgIpc) is 2.48. The van der Waals surface area contributed by atoms with E-state index in [0.29, 0.717) is 0 Å². The summed E-state index contributed by atoms with van der Waals surface area (Å²) in [5.74, 6) is 0. The lowest BCUT2D eigenvalue weighted by Crippen LogP contribution is -2.54. The van der Waals surface area contributed by atoms with Crippen molar-refractivity contribution in [2.45, 2.75) is 24.7 Å². The third-order valence-electron chi connectivity index (χ3n) is 2.24. The Labute approximate surface area is 84.5 Å². The predicted molar refractivity (Wildman–Crippen MR) is 46.8 cm³/mol. The van der Waals surface area contributed by atoms with Crippen molar-refractivity contribution in [3.8, 4) is 0 Å². The molecule has 0 spiro atoms. The standard InChI is InChI=1S/C8H12F3N3O/c1-5(12)7(15,8(9,10)11)6-3-13-14(2)4-6/h3-5,15H,12H2,1-2H3. The van der Waals surface area contributed by atoms with Crippen molar-refractivity contribution in [2.24, 2.45) is 12.8 Å². The van der Waals surface area contributed by atoms with Crippen molar-refractivity contribution in [1.82, 2.24) is 9.78 Å². The normalized spacial score (nSPS) is 18.6. The minimum Gasteiger partial charge on any atom is -0.375 e. The highest BCUT2D eigenvalue weighted by Gasteiger charge is 2.58. The Balaban J connectivity index is 3.25. The first-order valence-corrected chi connectivity index (χ1v) is 4.23. The van der Waals surface area contributed by atoms with Crippen LogP contribution >= 0.6 is 0 Å². The van der Waals surface area contributed by atoms with Crippen LogP contribution in [-0.2, 0) is 12.6 Å². The monoisotopic (exact) mass is 223 g/mol. The lowest BCUT2D eigenvalue weighted by Gasteiger charge is -2.32. The SMILES string of the molecule is CC(N)C(O)(c1cnn(C)c1)C(F)(F)F. The zero-order valence-electron chi connectivity index (χ0n) is 8.28. The summed E-state index contributed by atoms with van der Waals surface area (Å²) in [5.41, 5.74) is 1.78. The van der Waals surface area contributed by atoms with Crippen molar-refractivity contribution >= 4 is 0 Å². The molecule has 0 radical (unpaired) electrons. The topological polar surface area (TPSA) is 64.1 Å². The van der Waals surface area contributed by atoms with E-state index in [0.717, 1.165) is 19.3 Å². The number of aryl methyl sites for hydroxylation is 1. The summed E-state index contributed by atoms with van der Waals surface area (Å²) in [6.07, 6.45) is -2.78. The highest BCUT2D eigenvalue weighted by molar-refractivity contribution is 5.20. The molecule has 0 aromatic carbocycles. The molecule has 0 aliphatic rings. The molecule has 0 saturated carbocycles. The first kappa shape index (κ1) is 12.0. The quantitative estimate of drug-likeness (QED) is 0.768. The summed E-state index contributed by atoms with van der Waals surface area (Å²) in [5, 5.41) is 13.2. The molecule has 0 saturated heterocycles. The molecule has 0 amide bonds. The van der Waals surface area contributed by atoms with Crippen LogP contribution in [0.15, 0.2) is 12.4 Å². The van der Waals surface area contributed by atoms with Crippen molar-refractivity contribution in [3.05, 3.63) is 18.0 Å². The van der Waals surface area contributed by atoms with Crippen molar-refractivity contribution in [3.63, 3.8) is 0 Å². The minimum absolute atomic E-state index is 0.354. The predicted octanol–water partition coefficient (Wildman–Crippen LogP) is 0.517. The van der Waals surface area contributed by atoms with E-state index in [2.05, 4.69) is 5.10 Å². The lowest BCUT2D eigenvalue weighted by molar-refractivity contribution is -0.272. The number of nitrogens with zero attached hydrogens (tertiary/aromatic N) is 2. The Hall–Kier alpha value is -1.08. The van der Waals surface area contributed by atoms with Gasteiger partial charge in [0.05, 0.1) is 6.20 Å². The van der Waals surface area contributed by atoms with Gasteiger partial charge >= 0.3 is 6.18 Å². The Bertz CT molecular complexity index is 347. The molecule has 0 bridgehead atoms. The molecule has 1 heterocycles. The van der Waals surface area contributed by atoms with E-state index in [9.17, 15) is 18.3 Å². The Morgan fingerprint density at radius 1 is 1.53 bits per heavy atom. The van der Waals surface area contributed by atoms with Crippen molar-refractivity contribution in [1.29, 1.82) is 0 Å². The van der Waals surface area contributed by atoms with Gasteiger partial charge in [0.15, 0.2) is 0 Å². The molecule has 7 heteroatoms. The summed E-state index contributed by atoms with van der Waals surface area (Å²) in [4.78, 5) is 0. The Kier molecular flexibility index (Phi) is 2.79.